The molecule has 6 heteroatoms. The first-order chi connectivity index (χ1) is 13.7. The van der Waals surface area contributed by atoms with Gasteiger partial charge in [-0.15, -0.1) is 0 Å². The summed E-state index contributed by atoms with van der Waals surface area (Å²) in [4.78, 5) is 26.9. The van der Waals surface area contributed by atoms with Crippen LogP contribution in [0.1, 0.15) is 44.9 Å². The van der Waals surface area contributed by atoms with Gasteiger partial charge in [0.2, 0.25) is 5.91 Å². The Labute approximate surface area is 165 Å². The van der Waals surface area contributed by atoms with Crippen molar-refractivity contribution < 1.29 is 9.90 Å². The summed E-state index contributed by atoms with van der Waals surface area (Å²) in [6, 6.07) is 8.42. The first kappa shape index (κ1) is 17.9. The third-order valence-corrected chi connectivity index (χ3v) is 7.05. The van der Waals surface area contributed by atoms with E-state index in [0.29, 0.717) is 11.9 Å². The number of para-hydroxylation sites is 1. The summed E-state index contributed by atoms with van der Waals surface area (Å²) in [7, 11) is 0. The van der Waals surface area contributed by atoms with Gasteiger partial charge in [0.1, 0.15) is 12.1 Å². The van der Waals surface area contributed by atoms with Gasteiger partial charge in [0.25, 0.3) is 0 Å². The topological polar surface area (TPSA) is 69.6 Å². The van der Waals surface area contributed by atoms with E-state index in [1.54, 1.807) is 6.33 Å². The van der Waals surface area contributed by atoms with E-state index >= 15 is 0 Å². The van der Waals surface area contributed by atoms with Gasteiger partial charge in [0.05, 0.1) is 17.0 Å². The molecule has 1 aromatic heterocycles. The van der Waals surface area contributed by atoms with Gasteiger partial charge in [-0.2, -0.15) is 0 Å². The molecule has 28 heavy (non-hydrogen) atoms. The Balaban J connectivity index is 1.39. The fourth-order valence-electron chi connectivity index (χ4n) is 5.50. The van der Waals surface area contributed by atoms with Gasteiger partial charge < -0.3 is 14.9 Å². The van der Waals surface area contributed by atoms with E-state index in [1.165, 1.54) is 0 Å². The molecule has 1 aliphatic carbocycles. The van der Waals surface area contributed by atoms with Crippen LogP contribution < -0.4 is 4.90 Å². The number of fused-ring (bicyclic) bond motifs is 1. The molecule has 3 aliphatic rings. The van der Waals surface area contributed by atoms with Crippen LogP contribution >= 0.6 is 0 Å². The Morgan fingerprint density at radius 1 is 1.04 bits per heavy atom. The number of hydrogen-bond donors (Lipinski definition) is 1. The van der Waals surface area contributed by atoms with Crippen molar-refractivity contribution in [3.05, 3.63) is 30.6 Å². The number of likely N-dealkylation sites (tertiary alicyclic amines) is 1. The molecule has 1 atom stereocenters. The average Bonchev–Trinajstić information content (AvgIpc) is 3.04. The van der Waals surface area contributed by atoms with Gasteiger partial charge in [0.15, 0.2) is 0 Å². The highest BCUT2D eigenvalue weighted by molar-refractivity contribution is 5.90. The number of rotatable bonds is 2. The molecule has 3 heterocycles. The molecule has 1 aromatic carbocycles. The molecule has 2 saturated heterocycles. The van der Waals surface area contributed by atoms with Crippen LogP contribution in [0.25, 0.3) is 10.9 Å². The predicted molar refractivity (Wildman–Crippen MR) is 108 cm³/mol. The number of aromatic nitrogens is 2. The quantitative estimate of drug-likeness (QED) is 0.868. The normalized spacial score (nSPS) is 31.1. The Morgan fingerprint density at radius 2 is 1.86 bits per heavy atom. The van der Waals surface area contributed by atoms with Crippen LogP contribution in [0.4, 0.5) is 5.82 Å². The number of carbonyl (C=O) groups is 1. The van der Waals surface area contributed by atoms with Crippen LogP contribution in [-0.4, -0.2) is 57.7 Å². The molecule has 1 N–H and O–H groups in total. The molecule has 5 rings (SSSR count). The number of piperidine rings is 1. The number of benzene rings is 1. The third-order valence-electron chi connectivity index (χ3n) is 7.05. The zero-order chi connectivity index (χ0) is 19.1. The summed E-state index contributed by atoms with van der Waals surface area (Å²) in [6.07, 6.45) is 7.88. The van der Waals surface area contributed by atoms with Gasteiger partial charge in [-0.25, -0.2) is 9.97 Å². The lowest BCUT2D eigenvalue weighted by atomic mass is 9.78. The Kier molecular flexibility index (Phi) is 4.46. The second kappa shape index (κ2) is 6.99. The van der Waals surface area contributed by atoms with E-state index in [0.717, 1.165) is 81.3 Å². The zero-order valence-electron chi connectivity index (χ0n) is 16.3. The molecular formula is C22H28N4O2. The van der Waals surface area contributed by atoms with Gasteiger partial charge in [-0.3, -0.25) is 4.79 Å². The summed E-state index contributed by atoms with van der Waals surface area (Å²) in [6.45, 7) is 2.54. The predicted octanol–water partition coefficient (Wildman–Crippen LogP) is 2.75. The molecule has 3 fully saturated rings. The lowest BCUT2D eigenvalue weighted by molar-refractivity contribution is -0.139. The van der Waals surface area contributed by atoms with E-state index in [2.05, 4.69) is 25.8 Å². The molecule has 1 amide bonds. The maximum Gasteiger partial charge on any atom is 0.230 e. The third kappa shape index (κ3) is 2.94. The molecule has 2 aliphatic heterocycles. The number of carbonyl (C=O) groups excluding carboxylic acids is 1. The summed E-state index contributed by atoms with van der Waals surface area (Å²) in [5.74, 6) is 1.29. The molecule has 6 nitrogen and oxygen atoms in total. The number of aliphatic hydroxyl groups is 1. The Morgan fingerprint density at radius 3 is 2.71 bits per heavy atom. The van der Waals surface area contributed by atoms with Crippen LogP contribution in [0.5, 0.6) is 0 Å². The van der Waals surface area contributed by atoms with Crippen molar-refractivity contribution in [2.75, 3.05) is 24.5 Å². The second-order valence-electron chi connectivity index (χ2n) is 8.73. The van der Waals surface area contributed by atoms with Gasteiger partial charge in [-0.05, 0) is 57.1 Å². The van der Waals surface area contributed by atoms with Crippen LogP contribution in [0.2, 0.25) is 0 Å². The molecule has 2 aromatic rings. The molecule has 0 bridgehead atoms. The summed E-state index contributed by atoms with van der Waals surface area (Å²) < 4.78 is 0. The monoisotopic (exact) mass is 380 g/mol. The Hall–Kier alpha value is -2.21. The van der Waals surface area contributed by atoms with E-state index in [4.69, 9.17) is 0 Å². The number of nitrogens with zero attached hydrogens (tertiary/aromatic N) is 4. The van der Waals surface area contributed by atoms with E-state index < -0.39 is 0 Å². The minimum atomic E-state index is -0.277. The van der Waals surface area contributed by atoms with Gasteiger partial charge in [-0.1, -0.05) is 12.1 Å². The maximum atomic E-state index is 13.5. The van der Waals surface area contributed by atoms with Gasteiger partial charge in [0, 0.05) is 31.1 Å². The minimum absolute atomic E-state index is 0.181. The van der Waals surface area contributed by atoms with Crippen LogP contribution in [0, 0.1) is 5.41 Å². The smallest absolute Gasteiger partial charge is 0.230 e. The van der Waals surface area contributed by atoms with Crippen molar-refractivity contribution in [3.8, 4) is 0 Å². The highest BCUT2D eigenvalue weighted by Crippen LogP contribution is 2.43. The number of anilines is 1. The second-order valence-corrected chi connectivity index (χ2v) is 8.73. The van der Waals surface area contributed by atoms with Crippen molar-refractivity contribution in [2.24, 2.45) is 5.41 Å². The number of aliphatic hydroxyl groups excluding tert-OH is 1. The van der Waals surface area contributed by atoms with Crippen LogP contribution in [0.3, 0.4) is 0 Å². The number of hydrogen-bond acceptors (Lipinski definition) is 5. The van der Waals surface area contributed by atoms with Crippen molar-refractivity contribution in [1.82, 2.24) is 14.9 Å². The molecular weight excluding hydrogens is 352 g/mol. The molecule has 1 saturated carbocycles. The first-order valence-electron chi connectivity index (χ1n) is 10.6. The summed E-state index contributed by atoms with van der Waals surface area (Å²) >= 11 is 0. The summed E-state index contributed by atoms with van der Waals surface area (Å²) in [5.41, 5.74) is 0.674. The first-order valence-corrected chi connectivity index (χ1v) is 10.6. The van der Waals surface area contributed by atoms with E-state index in [-0.39, 0.29) is 11.5 Å². The fourth-order valence-corrected chi connectivity index (χ4v) is 5.50. The van der Waals surface area contributed by atoms with Crippen molar-refractivity contribution in [3.63, 3.8) is 0 Å². The molecule has 1 spiro atoms. The largest absolute Gasteiger partial charge is 0.393 e. The van der Waals surface area contributed by atoms with Crippen LogP contribution in [-0.2, 0) is 4.79 Å². The number of amides is 1. The minimum Gasteiger partial charge on any atom is -0.393 e. The molecule has 0 unspecified atom stereocenters. The summed E-state index contributed by atoms with van der Waals surface area (Å²) in [5, 5.41) is 10.9. The zero-order valence-corrected chi connectivity index (χ0v) is 16.3. The highest BCUT2D eigenvalue weighted by atomic mass is 16.3. The lowest BCUT2D eigenvalue weighted by Crippen LogP contribution is -2.50. The van der Waals surface area contributed by atoms with E-state index in [1.807, 2.05) is 18.2 Å². The lowest BCUT2D eigenvalue weighted by Gasteiger charge is -2.41. The SMILES string of the molecule is O=C1N(C2CCC(O)CC2)CC[C@]12CCCN(c1ncnc3ccccc13)C2. The average molecular weight is 380 g/mol. The molecule has 0 radical (unpaired) electrons. The standard InChI is InChI=1S/C22H28N4O2/c27-17-8-6-16(7-9-17)26-13-11-22(21(26)28)10-3-12-25(14-22)20-18-4-1-2-5-19(18)23-15-24-20/h1-2,4-5,15-17,27H,3,6-14H2/t16?,17?,22-/m0/s1. The maximum absolute atomic E-state index is 13.5. The van der Waals surface area contributed by atoms with Crippen LogP contribution in [0.15, 0.2) is 30.6 Å². The highest BCUT2D eigenvalue weighted by Gasteiger charge is 2.50. The van der Waals surface area contributed by atoms with Gasteiger partial charge >= 0.3 is 0 Å². The fraction of sp³-hybridized carbons (Fsp3) is 0.591. The van der Waals surface area contributed by atoms with Crippen molar-refractivity contribution in [2.45, 2.75) is 57.1 Å². The Bertz CT molecular complexity index is 874. The van der Waals surface area contributed by atoms with E-state index in [9.17, 15) is 9.90 Å². The van der Waals surface area contributed by atoms with Crippen molar-refractivity contribution in [1.29, 1.82) is 0 Å². The van der Waals surface area contributed by atoms with Crippen molar-refractivity contribution >= 4 is 22.6 Å². The molecule has 148 valence electrons.